The molecule has 76 valence electrons. The highest BCUT2D eigenvalue weighted by Gasteiger charge is 2.15. The molecule has 0 saturated carbocycles. The molecule has 0 radical (unpaired) electrons. The molecule has 2 N–H and O–H groups in total. The molecule has 1 rings (SSSR count). The summed E-state index contributed by atoms with van der Waals surface area (Å²) in [6, 6.07) is 0. The molecule has 1 saturated heterocycles. The Bertz CT molecular complexity index is 153. The lowest BCUT2D eigenvalue weighted by molar-refractivity contribution is -0.122. The summed E-state index contributed by atoms with van der Waals surface area (Å²) in [5.74, 6) is 0.202. The van der Waals surface area contributed by atoms with Crippen LogP contribution in [-0.4, -0.2) is 18.6 Å². The molecule has 0 bridgehead atoms. The van der Waals surface area contributed by atoms with E-state index in [2.05, 4.69) is 17.6 Å². The fourth-order valence-corrected chi connectivity index (χ4v) is 1.61. The fraction of sp³-hybridized carbons (Fsp3) is 0.900. The second-order valence-corrected chi connectivity index (χ2v) is 3.67. The van der Waals surface area contributed by atoms with Crippen molar-refractivity contribution in [3.05, 3.63) is 0 Å². The van der Waals surface area contributed by atoms with E-state index in [9.17, 15) is 4.79 Å². The number of rotatable bonds is 5. The van der Waals surface area contributed by atoms with Crippen molar-refractivity contribution in [1.82, 2.24) is 10.6 Å². The number of carbonyl (C=O) groups is 1. The van der Waals surface area contributed by atoms with E-state index >= 15 is 0 Å². The normalized spacial score (nSPS) is 21.8. The van der Waals surface area contributed by atoms with E-state index in [1.54, 1.807) is 0 Å². The van der Waals surface area contributed by atoms with Gasteiger partial charge in [-0.25, -0.2) is 0 Å². The molecule has 0 aromatic rings. The molecule has 1 aliphatic heterocycles. The summed E-state index contributed by atoms with van der Waals surface area (Å²) in [7, 11) is 0. The zero-order valence-corrected chi connectivity index (χ0v) is 8.44. The minimum Gasteiger partial charge on any atom is -0.341 e. The molecular formula is C10H20N2O. The summed E-state index contributed by atoms with van der Waals surface area (Å²) in [6.45, 7) is 3.19. The van der Waals surface area contributed by atoms with E-state index in [4.69, 9.17) is 0 Å². The summed E-state index contributed by atoms with van der Waals surface area (Å²) in [5, 5.41) is 6.23. The van der Waals surface area contributed by atoms with E-state index in [0.717, 1.165) is 25.8 Å². The first-order chi connectivity index (χ1) is 6.33. The molecule has 0 aromatic carbocycles. The predicted octanol–water partition coefficient (Wildman–Crippen LogP) is 1.39. The summed E-state index contributed by atoms with van der Waals surface area (Å²) >= 11 is 0. The summed E-state index contributed by atoms with van der Waals surface area (Å²) in [5.41, 5.74) is 0. The van der Waals surface area contributed by atoms with Gasteiger partial charge < -0.3 is 5.32 Å². The molecular weight excluding hydrogens is 164 g/mol. The molecule has 1 fully saturated rings. The Morgan fingerprint density at radius 3 is 3.00 bits per heavy atom. The van der Waals surface area contributed by atoms with Crippen LogP contribution in [0.4, 0.5) is 0 Å². The molecule has 1 atom stereocenters. The Morgan fingerprint density at radius 2 is 2.38 bits per heavy atom. The molecule has 3 heteroatoms. The van der Waals surface area contributed by atoms with Gasteiger partial charge >= 0.3 is 0 Å². The van der Waals surface area contributed by atoms with Crippen LogP contribution in [0.5, 0.6) is 0 Å². The van der Waals surface area contributed by atoms with Gasteiger partial charge in [-0.15, -0.1) is 0 Å². The monoisotopic (exact) mass is 184 g/mol. The van der Waals surface area contributed by atoms with E-state index < -0.39 is 0 Å². The minimum atomic E-state index is 0.202. The van der Waals surface area contributed by atoms with Crippen LogP contribution in [-0.2, 0) is 4.79 Å². The SMILES string of the molecule is CCCCCC(=O)NC1CCCN1. The first-order valence-electron chi connectivity index (χ1n) is 5.35. The number of hydrogen-bond donors (Lipinski definition) is 2. The minimum absolute atomic E-state index is 0.202. The van der Waals surface area contributed by atoms with Crippen LogP contribution in [0.3, 0.4) is 0 Å². The molecule has 0 aliphatic carbocycles. The Hall–Kier alpha value is -0.570. The fourth-order valence-electron chi connectivity index (χ4n) is 1.61. The third-order valence-electron chi connectivity index (χ3n) is 2.40. The largest absolute Gasteiger partial charge is 0.341 e. The van der Waals surface area contributed by atoms with Gasteiger partial charge in [-0.1, -0.05) is 19.8 Å². The zero-order chi connectivity index (χ0) is 9.52. The van der Waals surface area contributed by atoms with Gasteiger partial charge in [0.05, 0.1) is 6.17 Å². The van der Waals surface area contributed by atoms with Gasteiger partial charge in [-0.2, -0.15) is 0 Å². The average Bonchev–Trinajstić information content (AvgIpc) is 2.57. The van der Waals surface area contributed by atoms with Crippen molar-refractivity contribution < 1.29 is 4.79 Å². The van der Waals surface area contributed by atoms with Crippen LogP contribution < -0.4 is 10.6 Å². The molecule has 1 aliphatic rings. The van der Waals surface area contributed by atoms with Crippen molar-refractivity contribution in [1.29, 1.82) is 0 Å². The molecule has 3 nitrogen and oxygen atoms in total. The van der Waals surface area contributed by atoms with Crippen molar-refractivity contribution in [2.75, 3.05) is 6.54 Å². The standard InChI is InChI=1S/C10H20N2O/c1-2-3-4-7-10(13)12-9-6-5-8-11-9/h9,11H,2-8H2,1H3,(H,12,13). The Balaban J connectivity index is 2.02. The van der Waals surface area contributed by atoms with Crippen LogP contribution in [0.1, 0.15) is 45.4 Å². The van der Waals surface area contributed by atoms with Crippen LogP contribution in [0.2, 0.25) is 0 Å². The second kappa shape index (κ2) is 5.97. The Kier molecular flexibility index (Phi) is 4.83. The third-order valence-corrected chi connectivity index (χ3v) is 2.40. The van der Waals surface area contributed by atoms with Crippen LogP contribution >= 0.6 is 0 Å². The topological polar surface area (TPSA) is 41.1 Å². The molecule has 1 amide bonds. The lowest BCUT2D eigenvalue weighted by Crippen LogP contribution is -2.41. The van der Waals surface area contributed by atoms with E-state index in [-0.39, 0.29) is 12.1 Å². The maximum Gasteiger partial charge on any atom is 0.221 e. The Morgan fingerprint density at radius 1 is 1.54 bits per heavy atom. The smallest absolute Gasteiger partial charge is 0.221 e. The van der Waals surface area contributed by atoms with Gasteiger partial charge in [-0.3, -0.25) is 10.1 Å². The molecule has 1 unspecified atom stereocenters. The zero-order valence-electron chi connectivity index (χ0n) is 8.44. The highest BCUT2D eigenvalue weighted by atomic mass is 16.1. The van der Waals surface area contributed by atoms with E-state index in [0.29, 0.717) is 6.42 Å². The maximum absolute atomic E-state index is 11.3. The molecule has 0 aromatic heterocycles. The summed E-state index contributed by atoms with van der Waals surface area (Å²) < 4.78 is 0. The first-order valence-corrected chi connectivity index (χ1v) is 5.35. The van der Waals surface area contributed by atoms with Gasteiger partial charge in [0.1, 0.15) is 0 Å². The number of nitrogens with one attached hydrogen (secondary N) is 2. The van der Waals surface area contributed by atoms with Crippen LogP contribution in [0.15, 0.2) is 0 Å². The number of hydrogen-bond acceptors (Lipinski definition) is 2. The van der Waals surface area contributed by atoms with Crippen LogP contribution in [0.25, 0.3) is 0 Å². The first kappa shape index (κ1) is 10.5. The summed E-state index contributed by atoms with van der Waals surface area (Å²) in [6.07, 6.45) is 6.55. The van der Waals surface area contributed by atoms with Gasteiger partial charge in [0.15, 0.2) is 0 Å². The van der Waals surface area contributed by atoms with Gasteiger partial charge in [0.2, 0.25) is 5.91 Å². The predicted molar refractivity (Wildman–Crippen MR) is 53.3 cm³/mol. The quantitative estimate of drug-likeness (QED) is 0.634. The summed E-state index contributed by atoms with van der Waals surface area (Å²) in [4.78, 5) is 11.3. The van der Waals surface area contributed by atoms with Crippen LogP contribution in [0, 0.1) is 0 Å². The lowest BCUT2D eigenvalue weighted by atomic mass is 10.2. The third kappa shape index (κ3) is 4.27. The van der Waals surface area contributed by atoms with Crippen molar-refractivity contribution >= 4 is 5.91 Å². The number of unbranched alkanes of at least 4 members (excludes halogenated alkanes) is 2. The van der Waals surface area contributed by atoms with Gasteiger partial charge in [-0.05, 0) is 25.8 Å². The van der Waals surface area contributed by atoms with Crippen molar-refractivity contribution in [3.63, 3.8) is 0 Å². The second-order valence-electron chi connectivity index (χ2n) is 3.67. The highest BCUT2D eigenvalue weighted by molar-refractivity contribution is 5.76. The Labute approximate surface area is 80.3 Å². The lowest BCUT2D eigenvalue weighted by Gasteiger charge is -2.12. The van der Waals surface area contributed by atoms with Crippen molar-refractivity contribution in [3.8, 4) is 0 Å². The molecule has 1 heterocycles. The van der Waals surface area contributed by atoms with Crippen molar-refractivity contribution in [2.24, 2.45) is 0 Å². The molecule has 13 heavy (non-hydrogen) atoms. The average molecular weight is 184 g/mol. The van der Waals surface area contributed by atoms with Gasteiger partial charge in [0.25, 0.3) is 0 Å². The highest BCUT2D eigenvalue weighted by Crippen LogP contribution is 2.03. The maximum atomic E-state index is 11.3. The van der Waals surface area contributed by atoms with Crippen molar-refractivity contribution in [2.45, 2.75) is 51.6 Å². The number of carbonyl (C=O) groups excluding carboxylic acids is 1. The van der Waals surface area contributed by atoms with E-state index in [1.807, 2.05) is 0 Å². The number of amides is 1. The van der Waals surface area contributed by atoms with Gasteiger partial charge in [0, 0.05) is 6.42 Å². The van der Waals surface area contributed by atoms with E-state index in [1.165, 1.54) is 12.8 Å². The molecule has 0 spiro atoms.